The average Bonchev–Trinajstić information content (AvgIpc) is 2.61. The first-order valence-corrected chi connectivity index (χ1v) is 6.66. The lowest BCUT2D eigenvalue weighted by atomic mass is 9.80. The van der Waals surface area contributed by atoms with Crippen molar-refractivity contribution in [2.24, 2.45) is 0 Å². The Morgan fingerprint density at radius 3 is 2.58 bits per heavy atom. The van der Waals surface area contributed by atoms with Crippen LogP contribution in [-0.2, 0) is 15.0 Å². The Labute approximate surface area is 109 Å². The van der Waals surface area contributed by atoms with Crippen molar-refractivity contribution in [3.63, 3.8) is 0 Å². The van der Waals surface area contributed by atoms with Crippen LogP contribution in [0, 0.1) is 0 Å². The van der Waals surface area contributed by atoms with E-state index in [0.717, 1.165) is 4.31 Å². The molecular weight excluding hydrogens is 275 g/mol. The minimum atomic E-state index is -3.97. The van der Waals surface area contributed by atoms with Crippen molar-refractivity contribution in [3.8, 4) is 5.75 Å². The second-order valence-corrected chi connectivity index (χ2v) is 5.44. The van der Waals surface area contributed by atoms with Gasteiger partial charge in [-0.05, 0) is 17.6 Å². The summed E-state index contributed by atoms with van der Waals surface area (Å²) in [5, 5.41) is 18.2. The molecule has 1 saturated heterocycles. The maximum atomic E-state index is 11.7. The van der Waals surface area contributed by atoms with Crippen molar-refractivity contribution in [2.75, 3.05) is 18.0 Å². The summed E-state index contributed by atoms with van der Waals surface area (Å²) in [5.74, 6) is -0.471. The van der Waals surface area contributed by atoms with Gasteiger partial charge in [-0.1, -0.05) is 6.07 Å². The van der Waals surface area contributed by atoms with Crippen LogP contribution in [0.5, 0.6) is 5.75 Å². The molecule has 0 saturated carbocycles. The molecule has 0 bridgehead atoms. The molecule has 1 aromatic carbocycles. The monoisotopic (exact) mass is 286 g/mol. The van der Waals surface area contributed by atoms with Gasteiger partial charge >= 0.3 is 17.3 Å². The number of hydrogen-bond acceptors (Lipinski definition) is 6. The third kappa shape index (κ3) is 2.50. The van der Waals surface area contributed by atoms with Crippen LogP contribution in [0.4, 0.5) is 5.69 Å². The Balaban J connectivity index is 2.54. The molecule has 1 heterocycles. The number of nitrogens with zero attached hydrogens (tertiary/aromatic N) is 1. The molecule has 1 aromatic rings. The number of methoxy groups -OCH3 is 1. The molecule has 2 rings (SSSR count). The fraction of sp³-hybridized carbons (Fsp3) is 0.222. The molecule has 1 fully saturated rings. The Kier molecular flexibility index (Phi) is 3.39. The van der Waals surface area contributed by atoms with Crippen molar-refractivity contribution < 1.29 is 28.0 Å². The number of ether oxygens (including phenoxy) is 1. The Hall–Kier alpha value is -1.78. The van der Waals surface area contributed by atoms with E-state index in [1.165, 1.54) is 25.3 Å². The van der Waals surface area contributed by atoms with Gasteiger partial charge in [-0.25, -0.2) is 9.03 Å². The van der Waals surface area contributed by atoms with Gasteiger partial charge in [0.2, 0.25) is 0 Å². The molecule has 1 amide bonds. The number of carbonyl (C=O) groups excluding carboxylic acids is 1. The van der Waals surface area contributed by atoms with Gasteiger partial charge in [0.05, 0.1) is 12.8 Å². The third-order valence-corrected chi connectivity index (χ3v) is 3.98. The zero-order chi connectivity index (χ0) is 14.2. The van der Waals surface area contributed by atoms with E-state index in [1.807, 2.05) is 4.72 Å². The Bertz CT molecular complexity index is 617. The second kappa shape index (κ2) is 4.72. The summed E-state index contributed by atoms with van der Waals surface area (Å²) in [6, 6.07) is 4.01. The van der Waals surface area contributed by atoms with Gasteiger partial charge < -0.3 is 14.8 Å². The summed E-state index contributed by atoms with van der Waals surface area (Å²) in [7, 11) is -4.39. The fourth-order valence-corrected chi connectivity index (χ4v) is 2.88. The van der Waals surface area contributed by atoms with Crippen molar-refractivity contribution in [2.45, 2.75) is 0 Å². The molecule has 8 nitrogen and oxygen atoms in total. The lowest BCUT2D eigenvalue weighted by Gasteiger charge is -2.18. The Morgan fingerprint density at radius 1 is 1.42 bits per heavy atom. The molecule has 102 valence electrons. The van der Waals surface area contributed by atoms with Gasteiger partial charge in [-0.2, -0.15) is 8.42 Å². The number of amides is 1. The largest absolute Gasteiger partial charge is 0.495 e. The number of anilines is 1. The molecule has 1 aliphatic heterocycles. The standard InChI is InChI=1S/C9H11BN2O6S/c1-18-8-3-2-6(10(14)15)4-7(8)12-5-9(13)11-19(12,16)17/h2-4,14-15H,5H2,1H3,(H,11,13). The molecule has 1 aliphatic rings. The van der Waals surface area contributed by atoms with E-state index in [0.29, 0.717) is 0 Å². The quantitative estimate of drug-likeness (QED) is 0.531. The Morgan fingerprint density at radius 2 is 2.11 bits per heavy atom. The van der Waals surface area contributed by atoms with Crippen molar-refractivity contribution in [1.82, 2.24) is 4.72 Å². The van der Waals surface area contributed by atoms with Crippen LogP contribution in [0.25, 0.3) is 0 Å². The van der Waals surface area contributed by atoms with Crippen LogP contribution in [-0.4, -0.2) is 45.1 Å². The van der Waals surface area contributed by atoms with Crippen LogP contribution in [0.15, 0.2) is 18.2 Å². The zero-order valence-corrected chi connectivity index (χ0v) is 10.7. The normalized spacial score (nSPS) is 17.2. The van der Waals surface area contributed by atoms with E-state index in [-0.39, 0.29) is 23.4 Å². The summed E-state index contributed by atoms with van der Waals surface area (Å²) in [6.07, 6.45) is 0. The van der Waals surface area contributed by atoms with Gasteiger partial charge in [0.15, 0.2) is 0 Å². The molecule has 0 aromatic heterocycles. The molecule has 0 spiro atoms. The third-order valence-electron chi connectivity index (χ3n) is 2.59. The predicted molar refractivity (Wildman–Crippen MR) is 67.2 cm³/mol. The molecule has 0 aliphatic carbocycles. The fourth-order valence-electron chi connectivity index (χ4n) is 1.72. The van der Waals surface area contributed by atoms with E-state index in [1.54, 1.807) is 0 Å². The van der Waals surface area contributed by atoms with Gasteiger partial charge in [-0.3, -0.25) is 4.79 Å². The van der Waals surface area contributed by atoms with Crippen molar-refractivity contribution >= 4 is 34.4 Å². The maximum Gasteiger partial charge on any atom is 0.488 e. The molecule has 0 unspecified atom stereocenters. The smallest absolute Gasteiger partial charge is 0.488 e. The summed E-state index contributed by atoms with van der Waals surface area (Å²) in [5.41, 5.74) is 0.150. The highest BCUT2D eigenvalue weighted by molar-refractivity contribution is 7.92. The summed E-state index contributed by atoms with van der Waals surface area (Å²) in [4.78, 5) is 11.2. The first-order chi connectivity index (χ1) is 8.85. The lowest BCUT2D eigenvalue weighted by Crippen LogP contribution is -2.33. The first-order valence-electron chi connectivity index (χ1n) is 5.22. The van der Waals surface area contributed by atoms with Gasteiger partial charge in [0.25, 0.3) is 5.91 Å². The minimum Gasteiger partial charge on any atom is -0.495 e. The van der Waals surface area contributed by atoms with Crippen molar-refractivity contribution in [3.05, 3.63) is 18.2 Å². The highest BCUT2D eigenvalue weighted by Crippen LogP contribution is 2.30. The number of benzene rings is 1. The van der Waals surface area contributed by atoms with E-state index in [4.69, 9.17) is 14.8 Å². The number of carbonyl (C=O) groups is 1. The minimum absolute atomic E-state index is 0.0615. The zero-order valence-electron chi connectivity index (χ0n) is 9.90. The lowest BCUT2D eigenvalue weighted by molar-refractivity contribution is -0.117. The average molecular weight is 286 g/mol. The second-order valence-electron chi connectivity index (χ2n) is 3.84. The first kappa shape index (κ1) is 13.7. The van der Waals surface area contributed by atoms with Gasteiger partial charge in [-0.15, -0.1) is 0 Å². The summed E-state index contributed by atoms with van der Waals surface area (Å²) < 4.78 is 31.1. The van der Waals surface area contributed by atoms with Crippen LogP contribution >= 0.6 is 0 Å². The molecular formula is C9H11BN2O6S. The van der Waals surface area contributed by atoms with E-state index < -0.39 is 23.2 Å². The van der Waals surface area contributed by atoms with Crippen molar-refractivity contribution in [1.29, 1.82) is 0 Å². The number of rotatable bonds is 3. The van der Waals surface area contributed by atoms with Crippen LogP contribution in [0.2, 0.25) is 0 Å². The predicted octanol–water partition coefficient (Wildman–Crippen LogP) is -2.44. The molecule has 0 atom stereocenters. The highest BCUT2D eigenvalue weighted by Gasteiger charge is 2.36. The van der Waals surface area contributed by atoms with Crippen LogP contribution in [0.3, 0.4) is 0 Å². The summed E-state index contributed by atoms with van der Waals surface area (Å²) in [6.45, 7) is -0.385. The maximum absolute atomic E-state index is 11.7. The number of hydrogen-bond donors (Lipinski definition) is 3. The van der Waals surface area contributed by atoms with Gasteiger partial charge in [0.1, 0.15) is 12.3 Å². The van der Waals surface area contributed by atoms with Crippen LogP contribution in [0.1, 0.15) is 0 Å². The molecule has 10 heteroatoms. The van der Waals surface area contributed by atoms with E-state index in [9.17, 15) is 13.2 Å². The molecule has 3 N–H and O–H groups in total. The van der Waals surface area contributed by atoms with E-state index in [2.05, 4.69) is 0 Å². The number of nitrogens with one attached hydrogen (secondary N) is 1. The highest BCUT2D eigenvalue weighted by atomic mass is 32.2. The molecule has 19 heavy (non-hydrogen) atoms. The topological polar surface area (TPSA) is 116 Å². The molecule has 0 radical (unpaired) electrons. The van der Waals surface area contributed by atoms with E-state index >= 15 is 0 Å². The summed E-state index contributed by atoms with van der Waals surface area (Å²) >= 11 is 0. The SMILES string of the molecule is COc1ccc(B(O)O)cc1N1CC(=O)NS1(=O)=O. The van der Waals surface area contributed by atoms with Gasteiger partial charge in [0, 0.05) is 0 Å². The van der Waals surface area contributed by atoms with Crippen LogP contribution < -0.4 is 19.2 Å².